The summed E-state index contributed by atoms with van der Waals surface area (Å²) in [6.45, 7) is 5.06. The van der Waals surface area contributed by atoms with Crippen LogP contribution in [0.15, 0.2) is 53.4 Å². The highest BCUT2D eigenvalue weighted by molar-refractivity contribution is 7.89. The van der Waals surface area contributed by atoms with Crippen LogP contribution in [-0.2, 0) is 10.0 Å². The lowest BCUT2D eigenvalue weighted by Gasteiger charge is -2.33. The monoisotopic (exact) mass is 460 g/mol. The van der Waals surface area contributed by atoms with Crippen molar-refractivity contribution in [3.8, 4) is 0 Å². The standard InChI is InChI=1S/C22H28N4O5S/c1-3-25(4-2)32(30,31)19-10-11-20(21(16-19)26(28)29)24-14-12-18(13-15-24)23-22(27)17-8-6-5-7-9-17/h5-11,16,18H,3-4,12-15H2,1-2H3,(H,23,27). The van der Waals surface area contributed by atoms with Crippen molar-refractivity contribution in [2.45, 2.75) is 37.6 Å². The Kier molecular flexibility index (Phi) is 7.47. The fraction of sp³-hybridized carbons (Fsp3) is 0.409. The van der Waals surface area contributed by atoms with Crippen LogP contribution >= 0.6 is 0 Å². The first-order chi connectivity index (χ1) is 15.3. The minimum Gasteiger partial charge on any atom is -0.366 e. The zero-order valence-corrected chi connectivity index (χ0v) is 19.0. The van der Waals surface area contributed by atoms with Crippen LogP contribution in [0.3, 0.4) is 0 Å². The number of hydrogen-bond acceptors (Lipinski definition) is 6. The molecule has 1 aliphatic rings. The van der Waals surface area contributed by atoms with Gasteiger partial charge < -0.3 is 10.2 Å². The first kappa shape index (κ1) is 23.7. The molecule has 32 heavy (non-hydrogen) atoms. The van der Waals surface area contributed by atoms with Gasteiger partial charge in [0.05, 0.1) is 9.82 Å². The van der Waals surface area contributed by atoms with Gasteiger partial charge in [0.1, 0.15) is 5.69 Å². The van der Waals surface area contributed by atoms with Gasteiger partial charge in [0.15, 0.2) is 0 Å². The van der Waals surface area contributed by atoms with Crippen LogP contribution in [0.4, 0.5) is 11.4 Å². The summed E-state index contributed by atoms with van der Waals surface area (Å²) >= 11 is 0. The van der Waals surface area contributed by atoms with Gasteiger partial charge in [0.2, 0.25) is 10.0 Å². The van der Waals surface area contributed by atoms with E-state index < -0.39 is 14.9 Å². The second-order valence-corrected chi connectivity index (χ2v) is 9.54. The minimum atomic E-state index is -3.79. The quantitative estimate of drug-likeness (QED) is 0.479. The molecule has 9 nitrogen and oxygen atoms in total. The third-order valence-electron chi connectivity index (χ3n) is 5.69. The van der Waals surface area contributed by atoms with E-state index in [4.69, 9.17) is 0 Å². The topological polar surface area (TPSA) is 113 Å². The minimum absolute atomic E-state index is 0.0275. The number of carbonyl (C=O) groups excluding carboxylic acids is 1. The molecular weight excluding hydrogens is 432 g/mol. The fourth-order valence-corrected chi connectivity index (χ4v) is 5.39. The van der Waals surface area contributed by atoms with Crippen LogP contribution in [0, 0.1) is 10.1 Å². The maximum Gasteiger partial charge on any atom is 0.293 e. The Morgan fingerprint density at radius 1 is 1.12 bits per heavy atom. The van der Waals surface area contributed by atoms with Crippen molar-refractivity contribution in [2.75, 3.05) is 31.1 Å². The van der Waals surface area contributed by atoms with Crippen molar-refractivity contribution in [1.82, 2.24) is 9.62 Å². The predicted molar refractivity (Wildman–Crippen MR) is 122 cm³/mol. The van der Waals surface area contributed by atoms with E-state index in [0.717, 1.165) is 6.07 Å². The van der Waals surface area contributed by atoms with Gasteiger partial charge in [-0.2, -0.15) is 4.31 Å². The Morgan fingerprint density at radius 2 is 1.75 bits per heavy atom. The molecule has 0 aromatic heterocycles. The number of nitro groups is 1. The van der Waals surface area contributed by atoms with Crippen LogP contribution in [-0.4, -0.2) is 55.8 Å². The molecular formula is C22H28N4O5S. The van der Waals surface area contributed by atoms with E-state index in [-0.39, 0.29) is 35.6 Å². The molecule has 3 rings (SSSR count). The predicted octanol–water partition coefficient (Wildman–Crippen LogP) is 3.02. The summed E-state index contributed by atoms with van der Waals surface area (Å²) in [4.78, 5) is 25.4. The average Bonchev–Trinajstić information content (AvgIpc) is 2.80. The van der Waals surface area contributed by atoms with Crippen molar-refractivity contribution in [3.05, 3.63) is 64.2 Å². The second-order valence-electron chi connectivity index (χ2n) is 7.60. The van der Waals surface area contributed by atoms with Gasteiger partial charge in [0.25, 0.3) is 11.6 Å². The van der Waals surface area contributed by atoms with Gasteiger partial charge >= 0.3 is 0 Å². The summed E-state index contributed by atoms with van der Waals surface area (Å²) in [7, 11) is -3.79. The lowest BCUT2D eigenvalue weighted by atomic mass is 10.0. The highest BCUT2D eigenvalue weighted by Gasteiger charge is 2.29. The Labute approximate surface area is 188 Å². The van der Waals surface area contributed by atoms with Crippen molar-refractivity contribution in [1.29, 1.82) is 0 Å². The molecule has 2 aromatic rings. The molecule has 0 radical (unpaired) electrons. The highest BCUT2D eigenvalue weighted by Crippen LogP contribution is 2.33. The lowest BCUT2D eigenvalue weighted by molar-refractivity contribution is -0.384. The largest absolute Gasteiger partial charge is 0.366 e. The molecule has 172 valence electrons. The van der Waals surface area contributed by atoms with Crippen LogP contribution in [0.1, 0.15) is 37.0 Å². The average molecular weight is 461 g/mol. The number of nitrogens with zero attached hydrogens (tertiary/aromatic N) is 3. The molecule has 1 heterocycles. The molecule has 1 saturated heterocycles. The van der Waals surface area contributed by atoms with Gasteiger partial charge in [0, 0.05) is 43.9 Å². The Balaban J connectivity index is 1.73. The Morgan fingerprint density at radius 3 is 2.31 bits per heavy atom. The number of amides is 1. The van der Waals surface area contributed by atoms with Gasteiger partial charge in [-0.15, -0.1) is 0 Å². The van der Waals surface area contributed by atoms with E-state index in [1.165, 1.54) is 16.4 Å². The van der Waals surface area contributed by atoms with Crippen molar-refractivity contribution in [2.24, 2.45) is 0 Å². The summed E-state index contributed by atoms with van der Waals surface area (Å²) in [6.07, 6.45) is 1.27. The molecule has 2 aromatic carbocycles. The van der Waals surface area contributed by atoms with E-state index in [0.29, 0.717) is 37.2 Å². The number of piperidine rings is 1. The first-order valence-corrected chi connectivity index (χ1v) is 12.1. The maximum absolute atomic E-state index is 12.8. The zero-order chi connectivity index (χ0) is 23.3. The molecule has 1 fully saturated rings. The molecule has 0 bridgehead atoms. The lowest BCUT2D eigenvalue weighted by Crippen LogP contribution is -2.44. The van der Waals surface area contributed by atoms with E-state index in [1.807, 2.05) is 11.0 Å². The summed E-state index contributed by atoms with van der Waals surface area (Å²) in [5.74, 6) is -0.138. The molecule has 0 unspecified atom stereocenters. The first-order valence-electron chi connectivity index (χ1n) is 10.7. The highest BCUT2D eigenvalue weighted by atomic mass is 32.2. The summed E-state index contributed by atoms with van der Waals surface area (Å²) in [5.41, 5.74) is 0.752. The smallest absolute Gasteiger partial charge is 0.293 e. The van der Waals surface area contributed by atoms with Gasteiger partial charge in [-0.05, 0) is 37.1 Å². The number of nitrogens with one attached hydrogen (secondary N) is 1. The SMILES string of the molecule is CCN(CC)S(=O)(=O)c1ccc(N2CCC(NC(=O)c3ccccc3)CC2)c([N+](=O)[O-])c1. The third kappa shape index (κ3) is 5.08. The molecule has 1 aliphatic heterocycles. The van der Waals surface area contributed by atoms with Crippen molar-refractivity contribution >= 4 is 27.3 Å². The number of anilines is 1. The molecule has 0 saturated carbocycles. The fourth-order valence-electron chi connectivity index (χ4n) is 3.91. The normalized spacial score (nSPS) is 15.0. The van der Waals surface area contributed by atoms with Gasteiger partial charge in [-0.1, -0.05) is 32.0 Å². The summed E-state index contributed by atoms with van der Waals surface area (Å²) in [5, 5.41) is 14.7. The number of carbonyl (C=O) groups is 1. The van der Waals surface area contributed by atoms with Crippen molar-refractivity contribution < 1.29 is 18.1 Å². The summed E-state index contributed by atoms with van der Waals surface area (Å²) in [6, 6.07) is 13.0. The van der Waals surface area contributed by atoms with Crippen LogP contribution in [0.5, 0.6) is 0 Å². The van der Waals surface area contributed by atoms with Crippen molar-refractivity contribution in [3.63, 3.8) is 0 Å². The summed E-state index contributed by atoms with van der Waals surface area (Å²) < 4.78 is 26.8. The Bertz CT molecular complexity index is 1060. The number of hydrogen-bond donors (Lipinski definition) is 1. The molecule has 10 heteroatoms. The molecule has 0 aliphatic carbocycles. The second kappa shape index (κ2) is 10.1. The molecule has 0 atom stereocenters. The van der Waals surface area contributed by atoms with Crippen LogP contribution in [0.2, 0.25) is 0 Å². The van der Waals surface area contributed by atoms with Crippen LogP contribution in [0.25, 0.3) is 0 Å². The molecule has 0 spiro atoms. The van der Waals surface area contributed by atoms with E-state index in [9.17, 15) is 23.3 Å². The number of rotatable bonds is 8. The number of nitro benzene ring substituents is 1. The van der Waals surface area contributed by atoms with E-state index in [2.05, 4.69) is 5.32 Å². The molecule has 1 amide bonds. The molecule has 1 N–H and O–H groups in total. The number of sulfonamides is 1. The van der Waals surface area contributed by atoms with Gasteiger partial charge in [-0.25, -0.2) is 8.42 Å². The van der Waals surface area contributed by atoms with Crippen LogP contribution < -0.4 is 10.2 Å². The van der Waals surface area contributed by atoms with Gasteiger partial charge in [-0.3, -0.25) is 14.9 Å². The zero-order valence-electron chi connectivity index (χ0n) is 18.2. The Hall–Kier alpha value is -2.98. The third-order valence-corrected chi connectivity index (χ3v) is 7.74. The van der Waals surface area contributed by atoms with E-state index in [1.54, 1.807) is 38.1 Å². The number of benzene rings is 2. The van der Waals surface area contributed by atoms with E-state index >= 15 is 0 Å². The maximum atomic E-state index is 12.8.